The van der Waals surface area contributed by atoms with Crippen molar-refractivity contribution in [2.75, 3.05) is 39.6 Å². The van der Waals surface area contributed by atoms with Crippen LogP contribution in [0.2, 0.25) is 0 Å². The molecule has 3 unspecified atom stereocenters. The Hall–Kier alpha value is -1.94. The molecule has 0 aromatic heterocycles. The molecule has 0 radical (unpaired) electrons. The Morgan fingerprint density at radius 1 is 0.299 bits per heavy atom. The molecule has 0 rings (SSSR count). The van der Waals surface area contributed by atoms with Gasteiger partial charge < -0.3 is 33.8 Å². The number of hydrogen-bond donors (Lipinski definition) is 3. The third-order valence-corrected chi connectivity index (χ3v) is 20.5. The maximum absolute atomic E-state index is 13.1. The first-order valence-electron chi connectivity index (χ1n) is 40.5. The maximum atomic E-state index is 13.1. The van der Waals surface area contributed by atoms with Gasteiger partial charge in [0, 0.05) is 25.7 Å². The molecule has 19 heteroatoms. The lowest BCUT2D eigenvalue weighted by Gasteiger charge is -2.21. The van der Waals surface area contributed by atoms with Crippen LogP contribution in [0.5, 0.6) is 0 Å². The zero-order chi connectivity index (χ0) is 71.4. The van der Waals surface area contributed by atoms with Crippen LogP contribution in [-0.2, 0) is 65.4 Å². The summed E-state index contributed by atoms with van der Waals surface area (Å²) < 4.78 is 68.6. The van der Waals surface area contributed by atoms with E-state index in [1.807, 2.05) is 0 Å². The molecule has 0 aliphatic carbocycles. The Balaban J connectivity index is 5.21. The standard InChI is InChI=1S/C78H152O17P2/c1-7-10-12-14-16-18-20-31-35-42-48-54-60-75(80)88-66-73(94-77(82)62-56-50-44-36-32-21-19-17-15-13-11-8-2)68-92-96(84,85)90-64-72(79)65-91-97(86,87)93-69-74(67-89-76(81)61-55-49-43-39-38-41-47-53-59-71(6)9-3)95-78(83)63-57-51-45-37-33-29-27-25-23-22-24-26-28-30-34-40-46-52-58-70(4)5/h70-74,79H,7-69H2,1-6H3,(H,84,85)(H,86,87)/t71?,72-,73+,74+/m0/s1. The summed E-state index contributed by atoms with van der Waals surface area (Å²) in [6, 6.07) is 0. The minimum atomic E-state index is -4.96. The Bertz CT molecular complexity index is 1870. The Morgan fingerprint density at radius 2 is 0.526 bits per heavy atom. The SMILES string of the molecule is CCCCCCCCCCCCCCC(=O)OC[C@H](COP(=O)(O)OC[C@H](O)COP(=O)(O)OC[C@@H](COC(=O)CCCCCCCCCCC(C)CC)OC(=O)CCCCCCCCCCCCCCCCCCCCC(C)C)OC(=O)CCCCCCCCCCCCCC. The molecule has 0 aromatic rings. The van der Waals surface area contributed by atoms with Gasteiger partial charge in [-0.2, -0.15) is 0 Å². The highest BCUT2D eigenvalue weighted by Crippen LogP contribution is 2.45. The predicted molar refractivity (Wildman–Crippen MR) is 395 cm³/mol. The third-order valence-electron chi connectivity index (χ3n) is 18.6. The summed E-state index contributed by atoms with van der Waals surface area (Å²) >= 11 is 0. The first-order valence-corrected chi connectivity index (χ1v) is 43.5. The molecule has 0 fully saturated rings. The number of esters is 4. The van der Waals surface area contributed by atoms with Crippen LogP contribution in [0.25, 0.3) is 0 Å². The van der Waals surface area contributed by atoms with Crippen molar-refractivity contribution in [3.63, 3.8) is 0 Å². The summed E-state index contributed by atoms with van der Waals surface area (Å²) in [5, 5.41) is 10.6. The minimum Gasteiger partial charge on any atom is -0.462 e. The Morgan fingerprint density at radius 3 is 0.784 bits per heavy atom. The molecule has 3 N–H and O–H groups in total. The van der Waals surface area contributed by atoms with Gasteiger partial charge in [-0.05, 0) is 37.5 Å². The van der Waals surface area contributed by atoms with E-state index in [1.165, 1.54) is 225 Å². The number of carbonyl (C=O) groups excluding carboxylic acids is 4. The second-order valence-electron chi connectivity index (χ2n) is 28.8. The van der Waals surface area contributed by atoms with Crippen molar-refractivity contribution in [2.24, 2.45) is 11.8 Å². The maximum Gasteiger partial charge on any atom is 0.472 e. The van der Waals surface area contributed by atoms with Crippen LogP contribution < -0.4 is 0 Å². The molecule has 97 heavy (non-hydrogen) atoms. The van der Waals surface area contributed by atoms with Gasteiger partial charge in [0.15, 0.2) is 12.2 Å². The summed E-state index contributed by atoms with van der Waals surface area (Å²) in [6.45, 7) is 9.65. The molecule has 0 heterocycles. The fraction of sp³-hybridized carbons (Fsp3) is 0.949. The van der Waals surface area contributed by atoms with Gasteiger partial charge >= 0.3 is 39.5 Å². The van der Waals surface area contributed by atoms with Gasteiger partial charge in [-0.3, -0.25) is 37.3 Å². The number of aliphatic hydroxyl groups excluding tert-OH is 1. The fourth-order valence-electron chi connectivity index (χ4n) is 12.0. The molecule has 0 bridgehead atoms. The summed E-state index contributed by atoms with van der Waals surface area (Å²) in [7, 11) is -9.91. The average Bonchev–Trinajstić information content (AvgIpc) is 1.71. The van der Waals surface area contributed by atoms with E-state index in [2.05, 4.69) is 41.5 Å². The van der Waals surface area contributed by atoms with Crippen LogP contribution in [0, 0.1) is 11.8 Å². The fourth-order valence-corrected chi connectivity index (χ4v) is 13.6. The topological polar surface area (TPSA) is 237 Å². The molecular formula is C78H152O17P2. The van der Waals surface area contributed by atoms with Crippen LogP contribution in [0.15, 0.2) is 0 Å². The molecule has 6 atom stereocenters. The molecule has 0 aliphatic heterocycles. The highest BCUT2D eigenvalue weighted by Gasteiger charge is 2.30. The highest BCUT2D eigenvalue weighted by molar-refractivity contribution is 7.47. The molecule has 576 valence electrons. The summed E-state index contributed by atoms with van der Waals surface area (Å²) in [4.78, 5) is 72.9. The predicted octanol–water partition coefficient (Wildman–Crippen LogP) is 23.1. The van der Waals surface area contributed by atoms with E-state index < -0.39 is 97.5 Å². The van der Waals surface area contributed by atoms with Gasteiger partial charge in [0.05, 0.1) is 26.4 Å². The smallest absolute Gasteiger partial charge is 0.462 e. The molecule has 0 saturated carbocycles. The van der Waals surface area contributed by atoms with E-state index in [4.69, 9.17) is 37.0 Å². The second kappa shape index (κ2) is 69.8. The third kappa shape index (κ3) is 70.9. The monoisotopic (exact) mass is 1420 g/mol. The zero-order valence-corrected chi connectivity index (χ0v) is 65.2. The van der Waals surface area contributed by atoms with E-state index in [-0.39, 0.29) is 25.7 Å². The number of phosphoric ester groups is 2. The van der Waals surface area contributed by atoms with Gasteiger partial charge in [-0.15, -0.1) is 0 Å². The van der Waals surface area contributed by atoms with E-state index >= 15 is 0 Å². The molecule has 17 nitrogen and oxygen atoms in total. The van der Waals surface area contributed by atoms with Crippen molar-refractivity contribution in [3.05, 3.63) is 0 Å². The lowest BCUT2D eigenvalue weighted by atomic mass is 9.99. The second-order valence-corrected chi connectivity index (χ2v) is 31.7. The van der Waals surface area contributed by atoms with Gasteiger partial charge in [0.1, 0.15) is 19.3 Å². The number of rotatable bonds is 77. The van der Waals surface area contributed by atoms with E-state index in [1.54, 1.807) is 0 Å². The van der Waals surface area contributed by atoms with Gasteiger partial charge in [0.25, 0.3) is 0 Å². The van der Waals surface area contributed by atoms with Crippen LogP contribution in [0.4, 0.5) is 0 Å². The first-order chi connectivity index (χ1) is 46.9. The normalized spacial score (nSPS) is 14.2. The number of unbranched alkanes of at least 4 members (excludes halogenated alkanes) is 46. The largest absolute Gasteiger partial charge is 0.472 e. The quantitative estimate of drug-likeness (QED) is 0.0222. The van der Waals surface area contributed by atoms with Crippen molar-refractivity contribution in [1.82, 2.24) is 0 Å². The zero-order valence-electron chi connectivity index (χ0n) is 63.4. The van der Waals surface area contributed by atoms with Crippen LogP contribution >= 0.6 is 15.6 Å². The molecule has 0 aliphatic rings. The molecular weight excluding hydrogens is 1270 g/mol. The van der Waals surface area contributed by atoms with E-state index in [0.29, 0.717) is 25.7 Å². The van der Waals surface area contributed by atoms with E-state index in [0.717, 1.165) is 102 Å². The molecule has 0 spiro atoms. The summed E-state index contributed by atoms with van der Waals surface area (Å²) in [5.74, 6) is -0.514. The van der Waals surface area contributed by atoms with Crippen molar-refractivity contribution < 1.29 is 80.2 Å². The van der Waals surface area contributed by atoms with Gasteiger partial charge in [-0.1, -0.05) is 356 Å². The number of ether oxygens (including phenoxy) is 4. The summed E-state index contributed by atoms with van der Waals surface area (Å²) in [5.41, 5.74) is 0. The molecule has 0 amide bonds. The van der Waals surface area contributed by atoms with Crippen molar-refractivity contribution in [1.29, 1.82) is 0 Å². The van der Waals surface area contributed by atoms with E-state index in [9.17, 15) is 43.2 Å². The average molecular weight is 1420 g/mol. The minimum absolute atomic E-state index is 0.108. The number of aliphatic hydroxyl groups is 1. The molecule has 0 saturated heterocycles. The van der Waals surface area contributed by atoms with Crippen LogP contribution in [0.1, 0.15) is 408 Å². The van der Waals surface area contributed by atoms with Crippen molar-refractivity contribution in [3.8, 4) is 0 Å². The molecule has 0 aromatic carbocycles. The number of carbonyl (C=O) groups is 4. The van der Waals surface area contributed by atoms with Crippen molar-refractivity contribution >= 4 is 39.5 Å². The van der Waals surface area contributed by atoms with Crippen LogP contribution in [-0.4, -0.2) is 96.7 Å². The number of phosphoric acid groups is 2. The summed E-state index contributed by atoms with van der Waals surface area (Å²) in [6.07, 6.45) is 58.1. The van der Waals surface area contributed by atoms with Crippen LogP contribution in [0.3, 0.4) is 0 Å². The Kier molecular flexibility index (Phi) is 68.4. The Labute approximate surface area is 594 Å². The van der Waals surface area contributed by atoms with Crippen molar-refractivity contribution in [2.45, 2.75) is 426 Å². The van der Waals surface area contributed by atoms with Gasteiger partial charge in [0.2, 0.25) is 0 Å². The lowest BCUT2D eigenvalue weighted by molar-refractivity contribution is -0.161. The lowest BCUT2D eigenvalue weighted by Crippen LogP contribution is -2.30. The number of hydrogen-bond acceptors (Lipinski definition) is 15. The highest BCUT2D eigenvalue weighted by atomic mass is 31.2. The first kappa shape index (κ1) is 95.1. The van der Waals surface area contributed by atoms with Gasteiger partial charge in [-0.25, -0.2) is 9.13 Å².